The number of nitrogens with zero attached hydrogens (tertiary/aromatic N) is 2. The zero-order chi connectivity index (χ0) is 17.9. The summed E-state index contributed by atoms with van der Waals surface area (Å²) in [4.78, 5) is 14.7. The molecule has 138 valence electrons. The summed E-state index contributed by atoms with van der Waals surface area (Å²) >= 11 is 6.17. The lowest BCUT2D eigenvalue weighted by atomic mass is 10.1. The second kappa shape index (κ2) is 8.06. The van der Waals surface area contributed by atoms with Crippen molar-refractivity contribution in [2.24, 2.45) is 0 Å². The lowest BCUT2D eigenvalue weighted by Crippen LogP contribution is -2.34. The number of benzene rings is 1. The summed E-state index contributed by atoms with van der Waals surface area (Å²) in [5.41, 5.74) is 0.405. The molecule has 2 aliphatic heterocycles. The van der Waals surface area contributed by atoms with E-state index in [1.54, 1.807) is 6.07 Å². The summed E-state index contributed by atoms with van der Waals surface area (Å²) in [6.45, 7) is 2.50. The Morgan fingerprint density at radius 3 is 2.08 bits per heavy atom. The highest BCUT2D eigenvalue weighted by Crippen LogP contribution is 2.28. The third kappa shape index (κ3) is 4.18. The molecule has 25 heavy (non-hydrogen) atoms. The van der Waals surface area contributed by atoms with Crippen molar-refractivity contribution in [3.05, 3.63) is 28.8 Å². The Labute approximate surface area is 155 Å². The molecule has 0 spiro atoms. The summed E-state index contributed by atoms with van der Waals surface area (Å²) in [6.07, 6.45) is 7.22. The highest BCUT2D eigenvalue weighted by molar-refractivity contribution is 7.89. The lowest BCUT2D eigenvalue weighted by Gasteiger charge is -2.25. The van der Waals surface area contributed by atoms with Crippen molar-refractivity contribution in [2.75, 3.05) is 26.2 Å². The molecule has 2 heterocycles. The van der Waals surface area contributed by atoms with Gasteiger partial charge in [-0.15, -0.1) is 0 Å². The number of hydrogen-bond acceptors (Lipinski definition) is 3. The van der Waals surface area contributed by atoms with Gasteiger partial charge in [0, 0.05) is 31.7 Å². The van der Waals surface area contributed by atoms with Crippen LogP contribution in [0.2, 0.25) is 5.02 Å². The summed E-state index contributed by atoms with van der Waals surface area (Å²) in [6, 6.07) is 4.62. The molecule has 2 fully saturated rings. The van der Waals surface area contributed by atoms with E-state index in [1.807, 2.05) is 4.90 Å². The first kappa shape index (κ1) is 18.7. The van der Waals surface area contributed by atoms with Gasteiger partial charge in [-0.3, -0.25) is 4.79 Å². The number of sulfonamides is 1. The minimum absolute atomic E-state index is 0.0500. The van der Waals surface area contributed by atoms with Crippen LogP contribution in [0.25, 0.3) is 0 Å². The van der Waals surface area contributed by atoms with Crippen LogP contribution in [-0.4, -0.2) is 49.7 Å². The average Bonchev–Trinajstić information content (AvgIpc) is 3.09. The Morgan fingerprint density at radius 1 is 0.880 bits per heavy atom. The van der Waals surface area contributed by atoms with Crippen LogP contribution < -0.4 is 0 Å². The first-order valence-corrected chi connectivity index (χ1v) is 10.9. The maximum Gasteiger partial charge on any atom is 0.253 e. The summed E-state index contributed by atoms with van der Waals surface area (Å²) < 4.78 is 27.1. The molecule has 2 saturated heterocycles. The standard InChI is InChI=1S/C18H25ClN2O3S/c19-16-9-8-15(18(22)20-10-4-2-1-3-5-11-20)14-17(16)25(23,24)21-12-6-7-13-21/h8-9,14H,1-7,10-13H2. The van der Waals surface area contributed by atoms with Gasteiger partial charge in [-0.1, -0.05) is 30.9 Å². The Hall–Kier alpha value is -1.11. The Kier molecular flexibility index (Phi) is 6.02. The lowest BCUT2D eigenvalue weighted by molar-refractivity contribution is 0.0742. The van der Waals surface area contributed by atoms with Gasteiger partial charge >= 0.3 is 0 Å². The molecule has 1 aromatic rings. The number of carbonyl (C=O) groups is 1. The minimum Gasteiger partial charge on any atom is -0.339 e. The topological polar surface area (TPSA) is 57.7 Å². The van der Waals surface area contributed by atoms with Crippen molar-refractivity contribution in [1.29, 1.82) is 0 Å². The molecule has 3 rings (SSSR count). The fourth-order valence-corrected chi connectivity index (χ4v) is 5.55. The first-order valence-electron chi connectivity index (χ1n) is 9.09. The number of hydrogen-bond donors (Lipinski definition) is 0. The van der Waals surface area contributed by atoms with Gasteiger partial charge in [0.25, 0.3) is 5.91 Å². The van der Waals surface area contributed by atoms with E-state index in [2.05, 4.69) is 0 Å². The predicted molar refractivity (Wildman–Crippen MR) is 98.4 cm³/mol. The third-order valence-corrected chi connectivity index (χ3v) is 7.38. The fraction of sp³-hybridized carbons (Fsp3) is 0.611. The van der Waals surface area contributed by atoms with Crippen molar-refractivity contribution in [3.63, 3.8) is 0 Å². The van der Waals surface area contributed by atoms with Gasteiger partial charge in [0.15, 0.2) is 0 Å². The number of amides is 1. The summed E-state index contributed by atoms with van der Waals surface area (Å²) in [5, 5.41) is 0.177. The predicted octanol–water partition coefficient (Wildman–Crippen LogP) is 3.53. The quantitative estimate of drug-likeness (QED) is 0.800. The molecule has 1 aromatic carbocycles. The van der Waals surface area contributed by atoms with Crippen LogP contribution >= 0.6 is 11.6 Å². The van der Waals surface area contributed by atoms with Crippen LogP contribution in [0.5, 0.6) is 0 Å². The van der Waals surface area contributed by atoms with Crippen molar-refractivity contribution in [2.45, 2.75) is 49.8 Å². The van der Waals surface area contributed by atoms with Crippen LogP contribution in [0.3, 0.4) is 0 Å². The maximum absolute atomic E-state index is 12.9. The number of likely N-dealkylation sites (tertiary alicyclic amines) is 1. The van der Waals surface area contributed by atoms with E-state index >= 15 is 0 Å². The van der Waals surface area contributed by atoms with Crippen LogP contribution in [-0.2, 0) is 10.0 Å². The fourth-order valence-electron chi connectivity index (χ4n) is 3.53. The van der Waals surface area contributed by atoms with E-state index in [0.29, 0.717) is 18.7 Å². The van der Waals surface area contributed by atoms with Crippen LogP contribution in [0.15, 0.2) is 23.1 Å². The number of halogens is 1. The first-order chi connectivity index (χ1) is 12.0. The zero-order valence-electron chi connectivity index (χ0n) is 14.4. The maximum atomic E-state index is 12.9. The summed E-state index contributed by atoms with van der Waals surface area (Å²) in [5.74, 6) is -0.101. The van der Waals surface area contributed by atoms with Crippen molar-refractivity contribution < 1.29 is 13.2 Å². The molecule has 0 bridgehead atoms. The van der Waals surface area contributed by atoms with E-state index in [0.717, 1.165) is 51.6 Å². The van der Waals surface area contributed by atoms with E-state index < -0.39 is 10.0 Å². The van der Waals surface area contributed by atoms with Crippen LogP contribution in [0.1, 0.15) is 55.3 Å². The highest BCUT2D eigenvalue weighted by atomic mass is 35.5. The smallest absolute Gasteiger partial charge is 0.253 e. The van der Waals surface area contributed by atoms with E-state index in [9.17, 15) is 13.2 Å². The number of rotatable bonds is 3. The monoisotopic (exact) mass is 384 g/mol. The van der Waals surface area contributed by atoms with Gasteiger partial charge in [0.05, 0.1) is 5.02 Å². The number of carbonyl (C=O) groups excluding carboxylic acids is 1. The van der Waals surface area contributed by atoms with Crippen LogP contribution in [0, 0.1) is 0 Å². The van der Waals surface area contributed by atoms with E-state index in [4.69, 9.17) is 11.6 Å². The van der Waals surface area contributed by atoms with Crippen molar-refractivity contribution >= 4 is 27.5 Å². The highest BCUT2D eigenvalue weighted by Gasteiger charge is 2.30. The molecule has 0 unspecified atom stereocenters. The molecule has 0 saturated carbocycles. The van der Waals surface area contributed by atoms with Crippen LogP contribution in [0.4, 0.5) is 0 Å². The molecule has 0 radical (unpaired) electrons. The van der Waals surface area contributed by atoms with E-state index in [-0.39, 0.29) is 15.8 Å². The second-order valence-electron chi connectivity index (χ2n) is 6.82. The van der Waals surface area contributed by atoms with Gasteiger partial charge in [0.2, 0.25) is 10.0 Å². The molecule has 0 atom stereocenters. The van der Waals surface area contributed by atoms with Crippen molar-refractivity contribution in [1.82, 2.24) is 9.21 Å². The van der Waals surface area contributed by atoms with Gasteiger partial charge < -0.3 is 4.90 Å². The molecule has 0 aliphatic carbocycles. The van der Waals surface area contributed by atoms with Gasteiger partial charge in [-0.25, -0.2) is 8.42 Å². The zero-order valence-corrected chi connectivity index (χ0v) is 16.0. The second-order valence-corrected chi connectivity index (χ2v) is 9.13. The molecule has 0 aromatic heterocycles. The largest absolute Gasteiger partial charge is 0.339 e. The molecule has 2 aliphatic rings. The molecule has 0 N–H and O–H groups in total. The van der Waals surface area contributed by atoms with E-state index in [1.165, 1.54) is 22.9 Å². The molecule has 7 heteroatoms. The normalized spacial score (nSPS) is 20.3. The molecule has 1 amide bonds. The average molecular weight is 385 g/mol. The van der Waals surface area contributed by atoms with Gasteiger partial charge in [-0.05, 0) is 43.9 Å². The third-order valence-electron chi connectivity index (χ3n) is 5.00. The Balaban J connectivity index is 1.86. The molecular formula is C18H25ClN2O3S. The molecule has 5 nitrogen and oxygen atoms in total. The Morgan fingerprint density at radius 2 is 1.44 bits per heavy atom. The summed E-state index contributed by atoms with van der Waals surface area (Å²) in [7, 11) is -3.64. The SMILES string of the molecule is O=C(c1ccc(Cl)c(S(=O)(=O)N2CCCC2)c1)N1CCCCCCC1. The molecular weight excluding hydrogens is 360 g/mol. The van der Waals surface area contributed by atoms with Gasteiger partial charge in [0.1, 0.15) is 4.90 Å². The van der Waals surface area contributed by atoms with Gasteiger partial charge in [-0.2, -0.15) is 4.31 Å². The minimum atomic E-state index is -3.64. The Bertz CT molecular complexity index is 722. The van der Waals surface area contributed by atoms with Crippen molar-refractivity contribution in [3.8, 4) is 0 Å².